The smallest absolute Gasteiger partial charge is 0.132 e. The van der Waals surface area contributed by atoms with Crippen molar-refractivity contribution in [2.75, 3.05) is 18.5 Å². The first-order chi connectivity index (χ1) is 8.88. The van der Waals surface area contributed by atoms with Crippen molar-refractivity contribution in [1.82, 2.24) is 9.97 Å². The Morgan fingerprint density at radius 3 is 2.94 bits per heavy atom. The largest absolute Gasteiger partial charge is 0.396 e. The number of hydrogen-bond acceptors (Lipinski definition) is 4. The number of aromatic nitrogens is 2. The number of nitrogens with one attached hydrogen (secondary N) is 1. The molecule has 2 aliphatic rings. The van der Waals surface area contributed by atoms with E-state index >= 15 is 0 Å². The van der Waals surface area contributed by atoms with Crippen molar-refractivity contribution in [2.45, 2.75) is 38.5 Å². The summed E-state index contributed by atoms with van der Waals surface area (Å²) in [4.78, 5) is 8.72. The minimum Gasteiger partial charge on any atom is -0.396 e. The van der Waals surface area contributed by atoms with Gasteiger partial charge in [0.05, 0.1) is 0 Å². The van der Waals surface area contributed by atoms with Crippen LogP contribution < -0.4 is 5.32 Å². The third-order valence-corrected chi connectivity index (χ3v) is 4.46. The molecule has 4 heteroatoms. The van der Waals surface area contributed by atoms with Crippen LogP contribution in [0, 0.1) is 11.8 Å². The maximum atomic E-state index is 9.34. The highest BCUT2D eigenvalue weighted by Crippen LogP contribution is 2.32. The second-order valence-corrected chi connectivity index (χ2v) is 5.52. The van der Waals surface area contributed by atoms with Gasteiger partial charge in [0, 0.05) is 24.4 Å². The van der Waals surface area contributed by atoms with Crippen molar-refractivity contribution in [3.8, 4) is 0 Å². The van der Waals surface area contributed by atoms with Crippen molar-refractivity contribution in [2.24, 2.45) is 11.8 Å². The van der Waals surface area contributed by atoms with E-state index in [1.165, 1.54) is 36.9 Å². The fourth-order valence-electron chi connectivity index (χ4n) is 3.36. The van der Waals surface area contributed by atoms with Gasteiger partial charge < -0.3 is 10.4 Å². The van der Waals surface area contributed by atoms with Gasteiger partial charge in [0.1, 0.15) is 12.1 Å². The lowest BCUT2D eigenvalue weighted by atomic mass is 9.97. The van der Waals surface area contributed by atoms with Crippen LogP contribution in [0.15, 0.2) is 6.33 Å². The molecule has 0 aromatic carbocycles. The molecular weight excluding hydrogens is 226 g/mol. The van der Waals surface area contributed by atoms with Crippen LogP contribution in [-0.4, -0.2) is 28.2 Å². The van der Waals surface area contributed by atoms with Crippen LogP contribution in [0.3, 0.4) is 0 Å². The lowest BCUT2D eigenvalue weighted by Gasteiger charge is -2.19. The average molecular weight is 247 g/mol. The minimum absolute atomic E-state index is 0.328. The highest BCUT2D eigenvalue weighted by atomic mass is 16.3. The van der Waals surface area contributed by atoms with Gasteiger partial charge in [-0.25, -0.2) is 9.97 Å². The van der Waals surface area contributed by atoms with Crippen LogP contribution >= 0.6 is 0 Å². The molecule has 2 unspecified atom stereocenters. The Hall–Kier alpha value is -1.16. The standard InChI is InChI=1S/C14H21N3O/c18-8-11-4-1-3-10(11)7-15-14-12-5-2-6-13(12)16-9-17-14/h9-11,18H,1-8H2,(H,15,16,17). The fraction of sp³-hybridized carbons (Fsp3) is 0.714. The highest BCUT2D eigenvalue weighted by Gasteiger charge is 2.27. The molecular formula is C14H21N3O. The molecule has 3 rings (SSSR count). The number of aliphatic hydroxyl groups excluding tert-OH is 1. The van der Waals surface area contributed by atoms with Crippen LogP contribution in [0.25, 0.3) is 0 Å². The molecule has 1 aromatic heterocycles. The molecule has 2 aliphatic carbocycles. The summed E-state index contributed by atoms with van der Waals surface area (Å²) in [6, 6.07) is 0. The molecule has 1 fully saturated rings. The Balaban J connectivity index is 1.65. The summed E-state index contributed by atoms with van der Waals surface area (Å²) in [6.45, 7) is 1.27. The van der Waals surface area contributed by atoms with Gasteiger partial charge in [0.25, 0.3) is 0 Å². The summed E-state index contributed by atoms with van der Waals surface area (Å²) in [5.74, 6) is 2.11. The molecule has 0 spiro atoms. The van der Waals surface area contributed by atoms with Crippen molar-refractivity contribution < 1.29 is 5.11 Å². The zero-order chi connectivity index (χ0) is 12.4. The van der Waals surface area contributed by atoms with Crippen molar-refractivity contribution in [3.05, 3.63) is 17.6 Å². The second-order valence-electron chi connectivity index (χ2n) is 5.52. The van der Waals surface area contributed by atoms with Crippen LogP contribution in [0.4, 0.5) is 5.82 Å². The summed E-state index contributed by atoms with van der Waals surface area (Å²) < 4.78 is 0. The number of hydrogen-bond donors (Lipinski definition) is 2. The molecule has 1 aromatic rings. The monoisotopic (exact) mass is 247 g/mol. The first kappa shape index (κ1) is 11.9. The molecule has 0 amide bonds. The number of nitrogens with zero attached hydrogens (tertiary/aromatic N) is 2. The molecule has 4 nitrogen and oxygen atoms in total. The van der Waals surface area contributed by atoms with Gasteiger partial charge in [-0.3, -0.25) is 0 Å². The molecule has 2 atom stereocenters. The topological polar surface area (TPSA) is 58.0 Å². The molecule has 0 radical (unpaired) electrons. The summed E-state index contributed by atoms with van der Waals surface area (Å²) in [6.07, 6.45) is 8.72. The van der Waals surface area contributed by atoms with E-state index in [0.29, 0.717) is 18.4 Å². The lowest BCUT2D eigenvalue weighted by molar-refractivity contribution is 0.199. The van der Waals surface area contributed by atoms with E-state index in [4.69, 9.17) is 0 Å². The Morgan fingerprint density at radius 1 is 1.17 bits per heavy atom. The maximum Gasteiger partial charge on any atom is 0.132 e. The summed E-state index contributed by atoms with van der Waals surface area (Å²) >= 11 is 0. The number of rotatable bonds is 4. The van der Waals surface area contributed by atoms with E-state index in [1.807, 2.05) is 0 Å². The van der Waals surface area contributed by atoms with Gasteiger partial charge in [-0.15, -0.1) is 0 Å². The van der Waals surface area contributed by atoms with Crippen molar-refractivity contribution >= 4 is 5.82 Å². The number of fused-ring (bicyclic) bond motifs is 1. The molecule has 18 heavy (non-hydrogen) atoms. The molecule has 1 heterocycles. The van der Waals surface area contributed by atoms with Crippen LogP contribution in [0.5, 0.6) is 0 Å². The third kappa shape index (κ3) is 2.21. The summed E-state index contributed by atoms with van der Waals surface area (Å²) in [5.41, 5.74) is 2.54. The zero-order valence-electron chi connectivity index (χ0n) is 10.7. The van der Waals surface area contributed by atoms with E-state index in [0.717, 1.165) is 25.2 Å². The van der Waals surface area contributed by atoms with E-state index in [9.17, 15) is 5.11 Å². The van der Waals surface area contributed by atoms with Gasteiger partial charge in [-0.2, -0.15) is 0 Å². The minimum atomic E-state index is 0.328. The Bertz CT molecular complexity index is 422. The van der Waals surface area contributed by atoms with E-state index < -0.39 is 0 Å². The fourth-order valence-corrected chi connectivity index (χ4v) is 3.36. The summed E-state index contributed by atoms with van der Waals surface area (Å²) in [7, 11) is 0. The van der Waals surface area contributed by atoms with Crippen molar-refractivity contribution in [1.29, 1.82) is 0 Å². The number of anilines is 1. The Morgan fingerprint density at radius 2 is 2.06 bits per heavy atom. The Labute approximate surface area is 108 Å². The van der Waals surface area contributed by atoms with Crippen LogP contribution in [-0.2, 0) is 12.8 Å². The quantitative estimate of drug-likeness (QED) is 0.851. The predicted octanol–water partition coefficient (Wildman–Crippen LogP) is 1.79. The van der Waals surface area contributed by atoms with Gasteiger partial charge in [0.15, 0.2) is 0 Å². The molecule has 1 saturated carbocycles. The number of aliphatic hydroxyl groups is 1. The normalized spacial score (nSPS) is 26.3. The lowest BCUT2D eigenvalue weighted by Crippen LogP contribution is -2.21. The van der Waals surface area contributed by atoms with Gasteiger partial charge >= 0.3 is 0 Å². The molecule has 0 bridgehead atoms. The first-order valence-electron chi connectivity index (χ1n) is 7.06. The van der Waals surface area contributed by atoms with Gasteiger partial charge in [-0.1, -0.05) is 6.42 Å². The van der Waals surface area contributed by atoms with E-state index in [2.05, 4.69) is 15.3 Å². The zero-order valence-corrected chi connectivity index (χ0v) is 10.7. The SMILES string of the molecule is OCC1CCCC1CNc1ncnc2c1CCC2. The van der Waals surface area contributed by atoms with Gasteiger partial charge in [-0.05, 0) is 43.9 Å². The third-order valence-electron chi connectivity index (χ3n) is 4.46. The molecule has 2 N–H and O–H groups in total. The highest BCUT2D eigenvalue weighted by molar-refractivity contribution is 5.47. The average Bonchev–Trinajstić information content (AvgIpc) is 3.04. The van der Waals surface area contributed by atoms with Crippen LogP contribution in [0.2, 0.25) is 0 Å². The van der Waals surface area contributed by atoms with Gasteiger partial charge in [0.2, 0.25) is 0 Å². The molecule has 0 aliphatic heterocycles. The van der Waals surface area contributed by atoms with Crippen LogP contribution in [0.1, 0.15) is 36.9 Å². The first-order valence-corrected chi connectivity index (χ1v) is 7.06. The van der Waals surface area contributed by atoms with Crippen molar-refractivity contribution in [3.63, 3.8) is 0 Å². The van der Waals surface area contributed by atoms with E-state index in [1.54, 1.807) is 6.33 Å². The van der Waals surface area contributed by atoms with E-state index in [-0.39, 0.29) is 0 Å². The second kappa shape index (κ2) is 5.22. The molecule has 98 valence electrons. The molecule has 0 saturated heterocycles. The predicted molar refractivity (Wildman–Crippen MR) is 70.5 cm³/mol. The Kier molecular flexibility index (Phi) is 3.46. The summed E-state index contributed by atoms with van der Waals surface area (Å²) in [5, 5.41) is 12.8. The number of aryl methyl sites for hydroxylation is 1. The maximum absolute atomic E-state index is 9.34.